The molecule has 1 aliphatic heterocycles. The number of amides is 1. The van der Waals surface area contributed by atoms with Crippen LogP contribution in [0.2, 0.25) is 0 Å². The summed E-state index contributed by atoms with van der Waals surface area (Å²) in [5.74, 6) is -4.24. The number of hydrogen-bond acceptors (Lipinski definition) is 3. The summed E-state index contributed by atoms with van der Waals surface area (Å²) in [4.78, 5) is 12.5. The van der Waals surface area contributed by atoms with Crippen molar-refractivity contribution in [1.82, 2.24) is 5.32 Å². The maximum atomic E-state index is 14.0. The number of carbonyl (C=O) groups excluding carboxylic acids is 1. The maximum Gasteiger partial charge on any atom is 0.257 e. The first-order valence-electron chi connectivity index (χ1n) is 8.82. The fraction of sp³-hybridized carbons (Fsp3) is 0.350. The molecule has 1 heterocycles. The van der Waals surface area contributed by atoms with Crippen LogP contribution in [-0.2, 0) is 6.42 Å². The van der Waals surface area contributed by atoms with Gasteiger partial charge in [-0.1, -0.05) is 6.07 Å². The molecule has 2 N–H and O–H groups in total. The summed E-state index contributed by atoms with van der Waals surface area (Å²) in [5, 5.41) is 12.3. The van der Waals surface area contributed by atoms with Crippen molar-refractivity contribution in [2.75, 3.05) is 6.61 Å². The van der Waals surface area contributed by atoms with Crippen LogP contribution in [0.1, 0.15) is 40.4 Å². The molecule has 0 spiro atoms. The van der Waals surface area contributed by atoms with Gasteiger partial charge in [0.15, 0.2) is 11.6 Å². The molecule has 4 rings (SSSR count). The molecule has 0 unspecified atom stereocenters. The highest BCUT2D eigenvalue weighted by Crippen LogP contribution is 2.40. The first-order valence-corrected chi connectivity index (χ1v) is 8.82. The van der Waals surface area contributed by atoms with E-state index in [9.17, 15) is 23.1 Å². The van der Waals surface area contributed by atoms with Crippen molar-refractivity contribution >= 4 is 5.91 Å². The molecule has 0 radical (unpaired) electrons. The molecular weight excluding hydrogens is 359 g/mol. The van der Waals surface area contributed by atoms with Gasteiger partial charge in [-0.05, 0) is 54.2 Å². The Labute approximate surface area is 154 Å². The maximum absolute atomic E-state index is 14.0. The Morgan fingerprint density at radius 2 is 1.89 bits per heavy atom. The molecule has 27 heavy (non-hydrogen) atoms. The van der Waals surface area contributed by atoms with Crippen molar-refractivity contribution in [1.29, 1.82) is 0 Å². The third kappa shape index (κ3) is 3.27. The van der Waals surface area contributed by atoms with Crippen molar-refractivity contribution in [2.45, 2.75) is 31.4 Å². The number of fused-ring (bicyclic) bond motifs is 1. The van der Waals surface area contributed by atoms with E-state index in [1.54, 1.807) is 12.1 Å². The molecular formula is C20H18F3NO3. The van der Waals surface area contributed by atoms with Gasteiger partial charge >= 0.3 is 0 Å². The zero-order valence-electron chi connectivity index (χ0n) is 14.3. The molecule has 1 aliphatic carbocycles. The minimum atomic E-state index is -1.51. The number of rotatable bonds is 4. The van der Waals surface area contributed by atoms with Crippen LogP contribution >= 0.6 is 0 Å². The van der Waals surface area contributed by atoms with Gasteiger partial charge in [0.2, 0.25) is 0 Å². The molecule has 7 heteroatoms. The van der Waals surface area contributed by atoms with Gasteiger partial charge in [0.1, 0.15) is 17.1 Å². The van der Waals surface area contributed by atoms with Gasteiger partial charge in [-0.15, -0.1) is 0 Å². The molecule has 2 aliphatic rings. The second-order valence-corrected chi connectivity index (χ2v) is 7.02. The van der Waals surface area contributed by atoms with Gasteiger partial charge in [0, 0.05) is 6.42 Å². The van der Waals surface area contributed by atoms with E-state index in [2.05, 4.69) is 5.32 Å². The lowest BCUT2D eigenvalue weighted by Crippen LogP contribution is -2.42. The molecule has 1 atom stereocenters. The normalized spacial score (nSPS) is 21.8. The lowest BCUT2D eigenvalue weighted by Gasteiger charge is -2.38. The largest absolute Gasteiger partial charge is 0.493 e. The Kier molecular flexibility index (Phi) is 4.55. The Morgan fingerprint density at radius 1 is 1.15 bits per heavy atom. The third-order valence-corrected chi connectivity index (χ3v) is 5.25. The van der Waals surface area contributed by atoms with E-state index in [4.69, 9.17) is 4.74 Å². The van der Waals surface area contributed by atoms with Crippen molar-refractivity contribution in [2.24, 2.45) is 5.92 Å². The number of carbonyl (C=O) groups is 1. The van der Waals surface area contributed by atoms with E-state index < -0.39 is 41.1 Å². The van der Waals surface area contributed by atoms with Crippen LogP contribution in [0, 0.1) is 23.4 Å². The lowest BCUT2D eigenvalue weighted by molar-refractivity contribution is 0.0234. The van der Waals surface area contributed by atoms with Crippen LogP contribution in [0.4, 0.5) is 13.2 Å². The minimum absolute atomic E-state index is 0.0796. The van der Waals surface area contributed by atoms with Crippen LogP contribution in [0.25, 0.3) is 0 Å². The molecule has 4 nitrogen and oxygen atoms in total. The molecule has 2 aromatic carbocycles. The molecule has 0 bridgehead atoms. The Morgan fingerprint density at radius 3 is 2.63 bits per heavy atom. The van der Waals surface area contributed by atoms with E-state index in [1.807, 2.05) is 6.07 Å². The fourth-order valence-electron chi connectivity index (χ4n) is 3.72. The number of benzene rings is 2. The van der Waals surface area contributed by atoms with Crippen LogP contribution in [0.5, 0.6) is 5.75 Å². The first-order chi connectivity index (χ1) is 12.9. The Hall–Kier alpha value is -2.54. The summed E-state index contributed by atoms with van der Waals surface area (Å²) in [6.45, 7) is 0.581. The second kappa shape index (κ2) is 6.88. The van der Waals surface area contributed by atoms with Gasteiger partial charge < -0.3 is 15.2 Å². The average molecular weight is 377 g/mol. The van der Waals surface area contributed by atoms with Gasteiger partial charge in [0.05, 0.1) is 18.8 Å². The molecule has 0 saturated heterocycles. The van der Waals surface area contributed by atoms with Crippen LogP contribution in [-0.4, -0.2) is 23.7 Å². The van der Waals surface area contributed by atoms with Gasteiger partial charge in [-0.2, -0.15) is 0 Å². The van der Waals surface area contributed by atoms with Crippen LogP contribution in [0.15, 0.2) is 30.3 Å². The SMILES string of the molecule is O=C(N[C@@H](c1ccc2c(c1)CCO2)C1CC(O)C1)c1c(F)ccc(F)c1F. The number of hydrogen-bond donors (Lipinski definition) is 2. The monoisotopic (exact) mass is 377 g/mol. The van der Waals surface area contributed by atoms with Crippen molar-refractivity contribution < 1.29 is 27.8 Å². The quantitative estimate of drug-likeness (QED) is 0.804. The highest BCUT2D eigenvalue weighted by atomic mass is 19.2. The number of aliphatic hydroxyl groups excluding tert-OH is 1. The van der Waals surface area contributed by atoms with Crippen LogP contribution < -0.4 is 10.1 Å². The second-order valence-electron chi connectivity index (χ2n) is 7.02. The lowest BCUT2D eigenvalue weighted by atomic mass is 9.74. The van der Waals surface area contributed by atoms with Gasteiger partial charge in [-0.25, -0.2) is 13.2 Å². The number of aliphatic hydroxyl groups is 1. The number of halogens is 3. The van der Waals surface area contributed by atoms with E-state index in [0.29, 0.717) is 25.5 Å². The highest BCUT2D eigenvalue weighted by molar-refractivity contribution is 5.95. The average Bonchev–Trinajstić information content (AvgIpc) is 3.08. The molecule has 0 aromatic heterocycles. The summed E-state index contributed by atoms with van der Waals surface area (Å²) in [5.41, 5.74) is 0.820. The standard InChI is InChI=1S/C20H18F3NO3/c21-14-2-3-15(22)18(23)17(14)20(26)24-19(12-8-13(25)9-12)11-1-4-16-10(7-11)5-6-27-16/h1-4,7,12-13,19,25H,5-6,8-9H2,(H,24,26)/t12?,13?,19-/m0/s1. The van der Waals surface area contributed by atoms with Crippen molar-refractivity contribution in [3.63, 3.8) is 0 Å². The first kappa shape index (κ1) is 17.9. The molecule has 1 saturated carbocycles. The topological polar surface area (TPSA) is 58.6 Å². The van der Waals surface area contributed by atoms with Crippen molar-refractivity contribution in [3.05, 3.63) is 64.5 Å². The molecule has 142 valence electrons. The van der Waals surface area contributed by atoms with E-state index in [-0.39, 0.29) is 5.92 Å². The van der Waals surface area contributed by atoms with E-state index in [0.717, 1.165) is 29.4 Å². The Bertz CT molecular complexity index is 896. The summed E-state index contributed by atoms with van der Waals surface area (Å²) in [6, 6.07) is 6.31. The van der Waals surface area contributed by atoms with Gasteiger partial charge in [0.25, 0.3) is 5.91 Å². The van der Waals surface area contributed by atoms with E-state index in [1.165, 1.54) is 0 Å². The van der Waals surface area contributed by atoms with Crippen LogP contribution in [0.3, 0.4) is 0 Å². The van der Waals surface area contributed by atoms with Crippen molar-refractivity contribution in [3.8, 4) is 5.75 Å². The Balaban J connectivity index is 1.64. The summed E-state index contributed by atoms with van der Waals surface area (Å²) < 4.78 is 46.8. The number of ether oxygens (including phenoxy) is 1. The fourth-order valence-corrected chi connectivity index (χ4v) is 3.72. The van der Waals surface area contributed by atoms with E-state index >= 15 is 0 Å². The predicted octanol–water partition coefficient (Wildman–Crippen LogP) is 3.28. The third-order valence-electron chi connectivity index (χ3n) is 5.25. The summed E-state index contributed by atoms with van der Waals surface area (Å²) in [6.07, 6.45) is 1.21. The minimum Gasteiger partial charge on any atom is -0.493 e. The highest BCUT2D eigenvalue weighted by Gasteiger charge is 2.37. The zero-order valence-corrected chi connectivity index (χ0v) is 14.3. The van der Waals surface area contributed by atoms with Gasteiger partial charge in [-0.3, -0.25) is 4.79 Å². The predicted molar refractivity (Wildman–Crippen MR) is 90.9 cm³/mol. The summed E-state index contributed by atoms with van der Waals surface area (Å²) in [7, 11) is 0. The smallest absolute Gasteiger partial charge is 0.257 e. The zero-order chi connectivity index (χ0) is 19.1. The molecule has 1 fully saturated rings. The summed E-state index contributed by atoms with van der Waals surface area (Å²) >= 11 is 0. The molecule has 2 aromatic rings. The number of nitrogens with one attached hydrogen (secondary N) is 1. The molecule has 1 amide bonds.